The predicted octanol–water partition coefficient (Wildman–Crippen LogP) is 1.75. The van der Waals surface area contributed by atoms with Gasteiger partial charge in [0, 0.05) is 5.69 Å². The number of carboxylic acids is 1. The second-order valence-electron chi connectivity index (χ2n) is 3.35. The summed E-state index contributed by atoms with van der Waals surface area (Å²) in [6, 6.07) is 6.48. The van der Waals surface area contributed by atoms with Crippen LogP contribution in [0.1, 0.15) is 18.1 Å². The van der Waals surface area contributed by atoms with Crippen molar-refractivity contribution in [3.05, 3.63) is 29.3 Å². The van der Waals surface area contributed by atoms with Gasteiger partial charge in [-0.15, -0.1) is 0 Å². The molecule has 4 nitrogen and oxygen atoms in total. The van der Waals surface area contributed by atoms with Crippen LogP contribution in [0.3, 0.4) is 0 Å². The zero-order valence-corrected chi connectivity index (χ0v) is 8.61. The van der Waals surface area contributed by atoms with Crippen molar-refractivity contribution in [2.45, 2.75) is 19.9 Å². The maximum Gasteiger partial charge on any atom is 0.325 e. The van der Waals surface area contributed by atoms with E-state index in [4.69, 9.17) is 10.4 Å². The SMILES string of the molecule is Cc1ccc(C#N)cc1NC(C)C(=O)O. The standard InChI is InChI=1S/C11H12N2O2/c1-7-3-4-9(6-12)5-10(7)13-8(2)11(14)15/h3-5,8,13H,1-2H3,(H,14,15). The van der Waals surface area contributed by atoms with Crippen molar-refractivity contribution in [1.82, 2.24) is 0 Å². The molecule has 0 aromatic heterocycles. The Labute approximate surface area is 88.2 Å². The van der Waals surface area contributed by atoms with E-state index in [1.54, 1.807) is 25.1 Å². The average molecular weight is 204 g/mol. The average Bonchev–Trinajstić information content (AvgIpc) is 2.21. The van der Waals surface area contributed by atoms with E-state index in [2.05, 4.69) is 5.32 Å². The highest BCUT2D eigenvalue weighted by molar-refractivity contribution is 5.77. The first kappa shape index (κ1) is 11.1. The van der Waals surface area contributed by atoms with Crippen LogP contribution in [-0.2, 0) is 4.79 Å². The Bertz CT molecular complexity index is 421. The van der Waals surface area contributed by atoms with Crippen LogP contribution in [0.25, 0.3) is 0 Å². The van der Waals surface area contributed by atoms with Gasteiger partial charge in [-0.05, 0) is 31.5 Å². The second kappa shape index (κ2) is 4.47. The third kappa shape index (κ3) is 2.71. The molecule has 1 atom stereocenters. The summed E-state index contributed by atoms with van der Waals surface area (Å²) in [5.74, 6) is -0.920. The van der Waals surface area contributed by atoms with Crippen molar-refractivity contribution in [2.24, 2.45) is 0 Å². The van der Waals surface area contributed by atoms with Crippen LogP contribution in [0.4, 0.5) is 5.69 Å². The highest BCUT2D eigenvalue weighted by Crippen LogP contribution is 2.17. The van der Waals surface area contributed by atoms with Gasteiger partial charge in [0.2, 0.25) is 0 Å². The summed E-state index contributed by atoms with van der Waals surface area (Å²) < 4.78 is 0. The van der Waals surface area contributed by atoms with Gasteiger partial charge in [0.25, 0.3) is 0 Å². The van der Waals surface area contributed by atoms with Crippen molar-refractivity contribution >= 4 is 11.7 Å². The van der Waals surface area contributed by atoms with E-state index in [0.717, 1.165) is 5.56 Å². The Kier molecular flexibility index (Phi) is 3.29. The fraction of sp³-hybridized carbons (Fsp3) is 0.273. The molecule has 0 bridgehead atoms. The van der Waals surface area contributed by atoms with Crippen LogP contribution < -0.4 is 5.32 Å². The number of rotatable bonds is 3. The van der Waals surface area contributed by atoms with Crippen LogP contribution in [-0.4, -0.2) is 17.1 Å². The van der Waals surface area contributed by atoms with Gasteiger partial charge in [-0.1, -0.05) is 6.07 Å². The maximum atomic E-state index is 10.6. The number of nitriles is 1. The number of nitrogens with one attached hydrogen (secondary N) is 1. The molecule has 1 aromatic carbocycles. The summed E-state index contributed by atoms with van der Waals surface area (Å²) in [4.78, 5) is 10.6. The van der Waals surface area contributed by atoms with Crippen LogP contribution >= 0.6 is 0 Å². The predicted molar refractivity (Wildman–Crippen MR) is 56.6 cm³/mol. The van der Waals surface area contributed by atoms with E-state index < -0.39 is 12.0 Å². The lowest BCUT2D eigenvalue weighted by atomic mass is 10.1. The first-order chi connectivity index (χ1) is 7.04. The first-order valence-electron chi connectivity index (χ1n) is 4.54. The Morgan fingerprint density at radius 3 is 2.80 bits per heavy atom. The topological polar surface area (TPSA) is 73.1 Å². The van der Waals surface area contributed by atoms with Gasteiger partial charge in [-0.25, -0.2) is 0 Å². The summed E-state index contributed by atoms with van der Waals surface area (Å²) in [5, 5.41) is 20.3. The molecule has 78 valence electrons. The molecule has 15 heavy (non-hydrogen) atoms. The van der Waals surface area contributed by atoms with Gasteiger partial charge in [0.1, 0.15) is 6.04 Å². The summed E-state index contributed by atoms with van der Waals surface area (Å²) in [6.07, 6.45) is 0. The van der Waals surface area contributed by atoms with Crippen LogP contribution in [0.2, 0.25) is 0 Å². The highest BCUT2D eigenvalue weighted by Gasteiger charge is 2.11. The summed E-state index contributed by atoms with van der Waals surface area (Å²) >= 11 is 0. The molecule has 4 heteroatoms. The molecule has 0 saturated carbocycles. The minimum Gasteiger partial charge on any atom is -0.480 e. The van der Waals surface area contributed by atoms with E-state index in [-0.39, 0.29) is 0 Å². The van der Waals surface area contributed by atoms with Gasteiger partial charge in [-0.2, -0.15) is 5.26 Å². The Morgan fingerprint density at radius 1 is 1.60 bits per heavy atom. The van der Waals surface area contributed by atoms with Crippen LogP contribution in [0, 0.1) is 18.3 Å². The van der Waals surface area contributed by atoms with Crippen molar-refractivity contribution in [2.75, 3.05) is 5.32 Å². The number of anilines is 1. The lowest BCUT2D eigenvalue weighted by Gasteiger charge is -2.13. The first-order valence-corrected chi connectivity index (χ1v) is 4.54. The van der Waals surface area contributed by atoms with E-state index in [9.17, 15) is 4.79 Å². The van der Waals surface area contributed by atoms with E-state index in [0.29, 0.717) is 11.3 Å². The minimum absolute atomic E-state index is 0.515. The molecular weight excluding hydrogens is 192 g/mol. The molecule has 1 aromatic rings. The van der Waals surface area contributed by atoms with Crippen LogP contribution in [0.5, 0.6) is 0 Å². The number of nitrogens with zero attached hydrogens (tertiary/aromatic N) is 1. The number of hydrogen-bond acceptors (Lipinski definition) is 3. The smallest absolute Gasteiger partial charge is 0.325 e. The third-order valence-electron chi connectivity index (χ3n) is 2.11. The van der Waals surface area contributed by atoms with Crippen molar-refractivity contribution < 1.29 is 9.90 Å². The van der Waals surface area contributed by atoms with E-state index >= 15 is 0 Å². The molecule has 0 fully saturated rings. The summed E-state index contributed by atoms with van der Waals surface area (Å²) in [7, 11) is 0. The fourth-order valence-electron chi connectivity index (χ4n) is 1.14. The molecular formula is C11H12N2O2. The molecule has 1 rings (SSSR count). The zero-order valence-electron chi connectivity index (χ0n) is 8.61. The van der Waals surface area contributed by atoms with Crippen molar-refractivity contribution in [1.29, 1.82) is 5.26 Å². The van der Waals surface area contributed by atoms with E-state index in [1.807, 2.05) is 13.0 Å². The highest BCUT2D eigenvalue weighted by atomic mass is 16.4. The molecule has 0 heterocycles. The van der Waals surface area contributed by atoms with Crippen molar-refractivity contribution in [3.63, 3.8) is 0 Å². The van der Waals surface area contributed by atoms with Crippen LogP contribution in [0.15, 0.2) is 18.2 Å². The monoisotopic (exact) mass is 204 g/mol. The summed E-state index contributed by atoms with van der Waals surface area (Å²) in [5.41, 5.74) is 2.12. The molecule has 0 spiro atoms. The number of benzene rings is 1. The van der Waals surface area contributed by atoms with Gasteiger partial charge in [0.05, 0.1) is 11.6 Å². The number of hydrogen-bond donors (Lipinski definition) is 2. The normalized spacial score (nSPS) is 11.5. The largest absolute Gasteiger partial charge is 0.480 e. The molecule has 0 amide bonds. The lowest BCUT2D eigenvalue weighted by Crippen LogP contribution is -2.25. The number of carbonyl (C=O) groups is 1. The van der Waals surface area contributed by atoms with Gasteiger partial charge in [0.15, 0.2) is 0 Å². The Balaban J connectivity index is 2.94. The Hall–Kier alpha value is -2.02. The number of carboxylic acid groups (broad SMARTS) is 1. The molecule has 0 aliphatic rings. The molecule has 0 aliphatic carbocycles. The van der Waals surface area contributed by atoms with Gasteiger partial charge >= 0.3 is 5.97 Å². The molecule has 0 aliphatic heterocycles. The van der Waals surface area contributed by atoms with E-state index in [1.165, 1.54) is 0 Å². The third-order valence-corrected chi connectivity index (χ3v) is 2.11. The second-order valence-corrected chi connectivity index (χ2v) is 3.35. The number of aliphatic carboxylic acids is 1. The van der Waals surface area contributed by atoms with Gasteiger partial charge in [-0.3, -0.25) is 4.79 Å². The maximum absolute atomic E-state index is 10.6. The molecule has 2 N–H and O–H groups in total. The fourth-order valence-corrected chi connectivity index (χ4v) is 1.14. The quantitative estimate of drug-likeness (QED) is 0.786. The molecule has 0 radical (unpaired) electrons. The van der Waals surface area contributed by atoms with Crippen molar-refractivity contribution in [3.8, 4) is 6.07 Å². The van der Waals surface area contributed by atoms with Gasteiger partial charge < -0.3 is 10.4 Å². The Morgan fingerprint density at radius 2 is 2.27 bits per heavy atom. The zero-order chi connectivity index (χ0) is 11.4. The lowest BCUT2D eigenvalue weighted by molar-refractivity contribution is -0.137. The summed E-state index contributed by atoms with van der Waals surface area (Å²) in [6.45, 7) is 3.42. The molecule has 1 unspecified atom stereocenters. The minimum atomic E-state index is -0.920. The molecule has 0 saturated heterocycles. The number of aryl methyl sites for hydroxylation is 1.